The van der Waals surface area contributed by atoms with E-state index in [-0.39, 0.29) is 81.7 Å². The fourth-order valence-electron chi connectivity index (χ4n) is 1.26. The Morgan fingerprint density at radius 1 is 0.667 bits per heavy atom. The molecule has 0 bridgehead atoms. The summed E-state index contributed by atoms with van der Waals surface area (Å²) in [5.41, 5.74) is 0. The van der Waals surface area contributed by atoms with Gasteiger partial charge in [0.05, 0.1) is 0 Å². The Balaban J connectivity index is 0. The molecule has 0 spiro atoms. The minimum atomic E-state index is -0.740. The molecule has 0 aliphatic carbocycles. The van der Waals surface area contributed by atoms with Gasteiger partial charge < -0.3 is 10.2 Å². The van der Waals surface area contributed by atoms with Crippen molar-refractivity contribution in [2.45, 2.75) is 51.4 Å². The van der Waals surface area contributed by atoms with Crippen molar-refractivity contribution in [3.63, 3.8) is 0 Å². The van der Waals surface area contributed by atoms with Crippen molar-refractivity contribution in [3.05, 3.63) is 0 Å². The third-order valence-electron chi connectivity index (χ3n) is 2.03. The van der Waals surface area contributed by atoms with E-state index < -0.39 is 11.9 Å². The van der Waals surface area contributed by atoms with Crippen LogP contribution in [0.25, 0.3) is 0 Å². The Kier molecular flexibility index (Phi) is 16.0. The van der Waals surface area contributed by atoms with Crippen LogP contribution in [0.1, 0.15) is 51.4 Å². The molecule has 84 valence electrons. The second-order valence-electron chi connectivity index (χ2n) is 3.41. The van der Waals surface area contributed by atoms with E-state index in [4.69, 9.17) is 10.2 Å². The molecule has 0 aromatic heterocycles. The van der Waals surface area contributed by atoms with Crippen molar-refractivity contribution in [2.24, 2.45) is 0 Å². The molecule has 0 saturated heterocycles. The summed E-state index contributed by atoms with van der Waals surface area (Å²) in [6.45, 7) is 0. The standard InChI is InChI=1S/C10H18O4.Cs.H/c11-9(12)7-5-3-1-2-4-6-8-10(13)14;;/h1-8H2,(H,11,12)(H,13,14);;. The van der Waals surface area contributed by atoms with Crippen LogP contribution in [0.4, 0.5) is 0 Å². The van der Waals surface area contributed by atoms with E-state index in [1.165, 1.54) is 0 Å². The molecule has 0 heterocycles. The molecule has 0 amide bonds. The first-order valence-electron chi connectivity index (χ1n) is 5.06. The first kappa shape index (κ1) is 18.4. The van der Waals surface area contributed by atoms with Gasteiger partial charge >= 0.3 is 80.8 Å². The average molecular weight is 336 g/mol. The number of carboxylic acid groups (broad SMARTS) is 2. The van der Waals surface area contributed by atoms with Crippen LogP contribution in [0.3, 0.4) is 0 Å². The number of carboxylic acids is 2. The van der Waals surface area contributed by atoms with E-state index in [0.29, 0.717) is 0 Å². The molecular formula is C10H19CsO4. The van der Waals surface area contributed by atoms with Gasteiger partial charge in [-0.2, -0.15) is 0 Å². The van der Waals surface area contributed by atoms with Gasteiger partial charge in [0.25, 0.3) is 0 Å². The molecule has 15 heavy (non-hydrogen) atoms. The SMILES string of the molecule is O=C(O)CCCCCCCCC(=O)O.[CsH]. The van der Waals surface area contributed by atoms with Gasteiger partial charge in [0, 0.05) is 12.8 Å². The molecule has 0 unspecified atom stereocenters. The van der Waals surface area contributed by atoms with Crippen LogP contribution in [0.5, 0.6) is 0 Å². The second kappa shape index (κ2) is 13.1. The third-order valence-corrected chi connectivity index (χ3v) is 2.03. The molecule has 0 aromatic carbocycles. The van der Waals surface area contributed by atoms with E-state index in [2.05, 4.69) is 0 Å². The van der Waals surface area contributed by atoms with Gasteiger partial charge in [0.15, 0.2) is 0 Å². The summed E-state index contributed by atoms with van der Waals surface area (Å²) in [6.07, 6.45) is 5.82. The van der Waals surface area contributed by atoms with Crippen LogP contribution < -0.4 is 0 Å². The normalized spacial score (nSPS) is 9.33. The molecule has 4 nitrogen and oxygen atoms in total. The van der Waals surface area contributed by atoms with E-state index in [1.54, 1.807) is 0 Å². The summed E-state index contributed by atoms with van der Waals surface area (Å²) in [4.78, 5) is 20.3. The Hall–Kier alpha value is 0.992. The van der Waals surface area contributed by atoms with Gasteiger partial charge in [0.1, 0.15) is 0 Å². The maximum atomic E-state index is 10.1. The third kappa shape index (κ3) is 17.6. The van der Waals surface area contributed by atoms with Gasteiger partial charge in [-0.25, -0.2) is 0 Å². The van der Waals surface area contributed by atoms with Crippen molar-refractivity contribution in [3.8, 4) is 0 Å². The van der Waals surface area contributed by atoms with Gasteiger partial charge in [-0.1, -0.05) is 25.7 Å². The first-order valence-corrected chi connectivity index (χ1v) is 5.06. The van der Waals surface area contributed by atoms with Crippen LogP contribution >= 0.6 is 0 Å². The summed E-state index contributed by atoms with van der Waals surface area (Å²) in [5, 5.41) is 16.7. The summed E-state index contributed by atoms with van der Waals surface area (Å²) in [5.74, 6) is -1.48. The van der Waals surface area contributed by atoms with Crippen LogP contribution in [0, 0.1) is 0 Å². The van der Waals surface area contributed by atoms with E-state index >= 15 is 0 Å². The van der Waals surface area contributed by atoms with E-state index in [0.717, 1.165) is 38.5 Å². The van der Waals surface area contributed by atoms with Gasteiger partial charge in [0.2, 0.25) is 0 Å². The predicted octanol–water partition coefficient (Wildman–Crippen LogP) is 1.63. The molecule has 0 aromatic rings. The van der Waals surface area contributed by atoms with E-state index in [1.807, 2.05) is 0 Å². The van der Waals surface area contributed by atoms with Crippen molar-refractivity contribution in [1.29, 1.82) is 0 Å². The summed E-state index contributed by atoms with van der Waals surface area (Å²) < 4.78 is 0. The average Bonchev–Trinajstić information content (AvgIpc) is 2.08. The van der Waals surface area contributed by atoms with Crippen LogP contribution in [-0.2, 0) is 9.59 Å². The molecule has 0 aliphatic rings. The Bertz CT molecular complexity index is 162. The van der Waals surface area contributed by atoms with Crippen molar-refractivity contribution >= 4 is 80.8 Å². The van der Waals surface area contributed by atoms with Crippen molar-refractivity contribution in [2.75, 3.05) is 0 Å². The van der Waals surface area contributed by atoms with Crippen LogP contribution in [0.15, 0.2) is 0 Å². The molecule has 5 heteroatoms. The summed E-state index contributed by atoms with van der Waals surface area (Å²) in [6, 6.07) is 0. The quantitative estimate of drug-likeness (QED) is 0.628. The van der Waals surface area contributed by atoms with Crippen molar-refractivity contribution < 1.29 is 19.8 Å². The fraction of sp³-hybridized carbons (Fsp3) is 0.800. The maximum absolute atomic E-state index is 10.1. The number of carbonyl (C=O) groups is 2. The molecule has 0 rings (SSSR count). The number of hydrogen-bond acceptors (Lipinski definition) is 2. The summed E-state index contributed by atoms with van der Waals surface area (Å²) in [7, 11) is 0. The Morgan fingerprint density at radius 3 is 1.20 bits per heavy atom. The molecule has 0 fully saturated rings. The number of hydrogen-bond donors (Lipinski definition) is 2. The van der Waals surface area contributed by atoms with Gasteiger partial charge in [-0.05, 0) is 12.8 Å². The zero-order valence-corrected chi connectivity index (χ0v) is 8.37. The monoisotopic (exact) mass is 336 g/mol. The molecule has 0 radical (unpaired) electrons. The predicted molar refractivity (Wildman–Crippen MR) is 59.4 cm³/mol. The zero-order chi connectivity index (χ0) is 10.8. The zero-order valence-electron chi connectivity index (χ0n) is 8.37. The number of unbranched alkanes of at least 4 members (excludes halogenated alkanes) is 5. The fourth-order valence-corrected chi connectivity index (χ4v) is 1.26. The molecule has 0 aliphatic heterocycles. The molecule has 2 N–H and O–H groups in total. The first-order chi connectivity index (χ1) is 6.63. The molecular weight excluding hydrogens is 317 g/mol. The summed E-state index contributed by atoms with van der Waals surface area (Å²) >= 11 is 0. The molecule has 0 saturated carbocycles. The number of rotatable bonds is 9. The van der Waals surface area contributed by atoms with Crippen LogP contribution in [-0.4, -0.2) is 91.0 Å². The molecule has 0 atom stereocenters. The van der Waals surface area contributed by atoms with Crippen molar-refractivity contribution in [1.82, 2.24) is 0 Å². The van der Waals surface area contributed by atoms with Gasteiger partial charge in [-0.15, -0.1) is 0 Å². The van der Waals surface area contributed by atoms with E-state index in [9.17, 15) is 9.59 Å². The minimum absolute atomic E-state index is 0. The second-order valence-corrected chi connectivity index (χ2v) is 3.41. The number of aliphatic carboxylic acids is 2. The van der Waals surface area contributed by atoms with Crippen LogP contribution in [0.2, 0.25) is 0 Å². The van der Waals surface area contributed by atoms with Gasteiger partial charge in [-0.3, -0.25) is 9.59 Å². The Morgan fingerprint density at radius 2 is 0.933 bits per heavy atom. The topological polar surface area (TPSA) is 74.6 Å². The Labute approximate surface area is 149 Å².